The van der Waals surface area contributed by atoms with Gasteiger partial charge in [0.05, 0.1) is 11.4 Å². The minimum atomic E-state index is 0.0699. The summed E-state index contributed by atoms with van der Waals surface area (Å²) >= 11 is 0. The van der Waals surface area contributed by atoms with E-state index in [2.05, 4.69) is 16.1 Å². The van der Waals surface area contributed by atoms with Gasteiger partial charge in [-0.05, 0) is 18.2 Å². The summed E-state index contributed by atoms with van der Waals surface area (Å²) < 4.78 is 6.80. The minimum absolute atomic E-state index is 0.0699. The van der Waals surface area contributed by atoms with Crippen LogP contribution in [-0.4, -0.2) is 65.4 Å². The van der Waals surface area contributed by atoms with Crippen molar-refractivity contribution < 1.29 is 9.53 Å². The predicted molar refractivity (Wildman–Crippen MR) is 87.3 cm³/mol. The average Bonchev–Trinajstić information content (AvgIpc) is 3.05. The zero-order valence-electron chi connectivity index (χ0n) is 13.4. The third-order valence-electron chi connectivity index (χ3n) is 4.04. The van der Waals surface area contributed by atoms with Gasteiger partial charge in [-0.3, -0.25) is 9.69 Å². The fourth-order valence-corrected chi connectivity index (χ4v) is 2.77. The first kappa shape index (κ1) is 15.7. The molecule has 0 atom stereocenters. The van der Waals surface area contributed by atoms with Crippen LogP contribution >= 0.6 is 0 Å². The number of benzene rings is 1. The highest BCUT2D eigenvalue weighted by atomic mass is 16.5. The standard InChI is InChI=1S/C17H22N4O2/c1-23-14-17(22)20-11-9-19(10-12-20)13-15-7-8-21(18-15)16-5-3-2-4-6-16/h2-8H,9-14H2,1H3. The number of hydrogen-bond donors (Lipinski definition) is 0. The fourth-order valence-electron chi connectivity index (χ4n) is 2.77. The number of ether oxygens (including phenoxy) is 1. The van der Waals surface area contributed by atoms with E-state index < -0.39 is 0 Å². The maximum Gasteiger partial charge on any atom is 0.248 e. The highest BCUT2D eigenvalue weighted by molar-refractivity contribution is 5.77. The minimum Gasteiger partial charge on any atom is -0.375 e. The first-order valence-electron chi connectivity index (χ1n) is 7.85. The van der Waals surface area contributed by atoms with Crippen LogP contribution in [0, 0.1) is 0 Å². The van der Waals surface area contributed by atoms with Crippen molar-refractivity contribution in [2.45, 2.75) is 6.54 Å². The lowest BCUT2D eigenvalue weighted by Crippen LogP contribution is -2.49. The number of rotatable bonds is 5. The Labute approximate surface area is 136 Å². The Hall–Kier alpha value is -2.18. The van der Waals surface area contributed by atoms with Crippen LogP contribution in [0.2, 0.25) is 0 Å². The molecule has 0 saturated carbocycles. The molecule has 1 aromatic carbocycles. The molecule has 0 radical (unpaired) electrons. The van der Waals surface area contributed by atoms with Crippen molar-refractivity contribution >= 4 is 5.91 Å². The Kier molecular flexibility index (Phi) is 5.05. The van der Waals surface area contributed by atoms with Crippen LogP contribution in [0.1, 0.15) is 5.69 Å². The smallest absolute Gasteiger partial charge is 0.248 e. The van der Waals surface area contributed by atoms with Gasteiger partial charge in [-0.2, -0.15) is 5.10 Å². The molecule has 1 aromatic heterocycles. The quantitative estimate of drug-likeness (QED) is 0.831. The first-order valence-corrected chi connectivity index (χ1v) is 7.85. The van der Waals surface area contributed by atoms with E-state index in [9.17, 15) is 4.79 Å². The van der Waals surface area contributed by atoms with Crippen molar-refractivity contribution in [3.8, 4) is 5.69 Å². The van der Waals surface area contributed by atoms with Crippen LogP contribution in [0.3, 0.4) is 0 Å². The van der Waals surface area contributed by atoms with Crippen molar-refractivity contribution in [1.82, 2.24) is 19.6 Å². The number of aromatic nitrogens is 2. The van der Waals surface area contributed by atoms with Crippen LogP contribution in [0.15, 0.2) is 42.6 Å². The molecule has 1 aliphatic heterocycles. The van der Waals surface area contributed by atoms with Crippen LogP contribution in [0.5, 0.6) is 0 Å². The van der Waals surface area contributed by atoms with Crippen molar-refractivity contribution in [3.63, 3.8) is 0 Å². The summed E-state index contributed by atoms with van der Waals surface area (Å²) in [6.45, 7) is 4.22. The Balaban J connectivity index is 1.53. The second-order valence-corrected chi connectivity index (χ2v) is 5.68. The number of para-hydroxylation sites is 1. The molecule has 122 valence electrons. The van der Waals surface area contributed by atoms with Crippen LogP contribution in [0.25, 0.3) is 5.69 Å². The molecule has 23 heavy (non-hydrogen) atoms. The molecule has 6 heteroatoms. The van der Waals surface area contributed by atoms with E-state index in [0.717, 1.165) is 44.1 Å². The maximum atomic E-state index is 11.8. The largest absolute Gasteiger partial charge is 0.375 e. The van der Waals surface area contributed by atoms with Crippen LogP contribution < -0.4 is 0 Å². The molecule has 0 spiro atoms. The predicted octanol–water partition coefficient (Wildman–Crippen LogP) is 1.16. The second-order valence-electron chi connectivity index (χ2n) is 5.68. The van der Waals surface area contributed by atoms with E-state index >= 15 is 0 Å². The van der Waals surface area contributed by atoms with Gasteiger partial charge in [0.2, 0.25) is 5.91 Å². The fraction of sp³-hybridized carbons (Fsp3) is 0.412. The van der Waals surface area contributed by atoms with Crippen molar-refractivity contribution in [1.29, 1.82) is 0 Å². The Morgan fingerprint density at radius 1 is 1.13 bits per heavy atom. The zero-order chi connectivity index (χ0) is 16.1. The highest BCUT2D eigenvalue weighted by Crippen LogP contribution is 2.10. The van der Waals surface area contributed by atoms with E-state index in [1.807, 2.05) is 46.1 Å². The lowest BCUT2D eigenvalue weighted by molar-refractivity contribution is -0.136. The molecule has 1 saturated heterocycles. The number of hydrogen-bond acceptors (Lipinski definition) is 4. The summed E-state index contributed by atoms with van der Waals surface area (Å²) in [5.41, 5.74) is 2.11. The summed E-state index contributed by atoms with van der Waals surface area (Å²) in [4.78, 5) is 16.0. The third kappa shape index (κ3) is 3.97. The van der Waals surface area contributed by atoms with Crippen molar-refractivity contribution in [3.05, 3.63) is 48.3 Å². The van der Waals surface area contributed by atoms with E-state index in [1.54, 1.807) is 7.11 Å². The molecule has 0 aliphatic carbocycles. The Morgan fingerprint density at radius 3 is 2.57 bits per heavy atom. The molecular formula is C17H22N4O2. The molecule has 3 rings (SSSR count). The van der Waals surface area contributed by atoms with Gasteiger partial charge >= 0.3 is 0 Å². The summed E-state index contributed by atoms with van der Waals surface area (Å²) in [6.07, 6.45) is 1.99. The molecular weight excluding hydrogens is 292 g/mol. The van der Waals surface area contributed by atoms with Crippen molar-refractivity contribution in [2.75, 3.05) is 39.9 Å². The molecule has 2 heterocycles. The van der Waals surface area contributed by atoms with E-state index in [-0.39, 0.29) is 12.5 Å². The number of nitrogens with zero attached hydrogens (tertiary/aromatic N) is 4. The summed E-state index contributed by atoms with van der Waals surface area (Å²) in [7, 11) is 1.55. The van der Waals surface area contributed by atoms with Crippen LogP contribution in [0.4, 0.5) is 0 Å². The summed E-state index contributed by atoms with van der Waals surface area (Å²) in [6, 6.07) is 12.1. The molecule has 0 bridgehead atoms. The van der Waals surface area contributed by atoms with E-state index in [0.29, 0.717) is 0 Å². The summed E-state index contributed by atoms with van der Waals surface area (Å²) in [5, 5.41) is 4.63. The molecule has 6 nitrogen and oxygen atoms in total. The van der Waals surface area contributed by atoms with E-state index in [1.165, 1.54) is 0 Å². The number of amides is 1. The average molecular weight is 314 g/mol. The van der Waals surface area contributed by atoms with Gasteiger partial charge in [-0.25, -0.2) is 4.68 Å². The lowest BCUT2D eigenvalue weighted by atomic mass is 10.3. The monoisotopic (exact) mass is 314 g/mol. The molecule has 0 N–H and O–H groups in total. The third-order valence-corrected chi connectivity index (χ3v) is 4.04. The van der Waals surface area contributed by atoms with Crippen LogP contribution in [-0.2, 0) is 16.1 Å². The lowest BCUT2D eigenvalue weighted by Gasteiger charge is -2.34. The molecule has 1 amide bonds. The van der Waals surface area contributed by atoms with Gasteiger partial charge < -0.3 is 9.64 Å². The first-order chi connectivity index (χ1) is 11.3. The Bertz CT molecular complexity index is 633. The number of carbonyl (C=O) groups is 1. The van der Waals surface area contributed by atoms with Gasteiger partial charge in [0, 0.05) is 46.0 Å². The zero-order valence-corrected chi connectivity index (χ0v) is 13.4. The number of carbonyl (C=O) groups excluding carboxylic acids is 1. The summed E-state index contributed by atoms with van der Waals surface area (Å²) in [5.74, 6) is 0.0699. The van der Waals surface area contributed by atoms with Gasteiger partial charge in [-0.1, -0.05) is 18.2 Å². The second kappa shape index (κ2) is 7.39. The number of methoxy groups -OCH3 is 1. The van der Waals surface area contributed by atoms with Gasteiger partial charge in [-0.15, -0.1) is 0 Å². The molecule has 0 unspecified atom stereocenters. The SMILES string of the molecule is COCC(=O)N1CCN(Cc2ccn(-c3ccccc3)n2)CC1. The molecule has 1 fully saturated rings. The highest BCUT2D eigenvalue weighted by Gasteiger charge is 2.21. The molecule has 1 aliphatic rings. The number of piperazine rings is 1. The molecule has 2 aromatic rings. The van der Waals surface area contributed by atoms with Crippen molar-refractivity contribution in [2.24, 2.45) is 0 Å². The normalized spacial score (nSPS) is 15.8. The van der Waals surface area contributed by atoms with Gasteiger partial charge in [0.25, 0.3) is 0 Å². The maximum absolute atomic E-state index is 11.8. The Morgan fingerprint density at radius 2 is 1.87 bits per heavy atom. The van der Waals surface area contributed by atoms with E-state index in [4.69, 9.17) is 4.74 Å². The topological polar surface area (TPSA) is 50.6 Å². The van der Waals surface area contributed by atoms with Gasteiger partial charge in [0.15, 0.2) is 0 Å². The van der Waals surface area contributed by atoms with Gasteiger partial charge in [0.1, 0.15) is 6.61 Å².